The van der Waals surface area contributed by atoms with E-state index >= 15 is 0 Å². The SMILES string of the molecule is COCc1cccc(C=C(N=[N+]=[N-])C(=O)OC)c1. The van der Waals surface area contributed by atoms with Gasteiger partial charge < -0.3 is 9.47 Å². The summed E-state index contributed by atoms with van der Waals surface area (Å²) in [5.74, 6) is -0.676. The first-order valence-electron chi connectivity index (χ1n) is 5.14. The van der Waals surface area contributed by atoms with Crippen molar-refractivity contribution in [1.82, 2.24) is 0 Å². The smallest absolute Gasteiger partial charge is 0.340 e. The van der Waals surface area contributed by atoms with E-state index in [1.165, 1.54) is 13.2 Å². The van der Waals surface area contributed by atoms with E-state index in [2.05, 4.69) is 14.8 Å². The number of azide groups is 1. The van der Waals surface area contributed by atoms with Crippen LogP contribution in [0.5, 0.6) is 0 Å². The fourth-order valence-electron chi connectivity index (χ4n) is 1.38. The third-order valence-electron chi connectivity index (χ3n) is 2.11. The van der Waals surface area contributed by atoms with Gasteiger partial charge in [0.15, 0.2) is 0 Å². The van der Waals surface area contributed by atoms with Crippen molar-refractivity contribution in [3.63, 3.8) is 0 Å². The lowest BCUT2D eigenvalue weighted by Crippen LogP contribution is -2.02. The highest BCUT2D eigenvalue weighted by atomic mass is 16.5. The third-order valence-corrected chi connectivity index (χ3v) is 2.11. The Balaban J connectivity index is 3.07. The summed E-state index contributed by atoms with van der Waals surface area (Å²) in [5.41, 5.74) is 9.99. The van der Waals surface area contributed by atoms with Gasteiger partial charge in [0, 0.05) is 12.0 Å². The molecule has 94 valence electrons. The molecule has 18 heavy (non-hydrogen) atoms. The highest BCUT2D eigenvalue weighted by Crippen LogP contribution is 2.12. The molecule has 0 fully saturated rings. The molecular formula is C12H13N3O3. The largest absolute Gasteiger partial charge is 0.466 e. The average Bonchev–Trinajstić information content (AvgIpc) is 2.38. The van der Waals surface area contributed by atoms with Crippen LogP contribution in [0, 0.1) is 0 Å². The van der Waals surface area contributed by atoms with Gasteiger partial charge in [-0.15, -0.1) is 0 Å². The molecule has 0 bridgehead atoms. The molecule has 0 heterocycles. The van der Waals surface area contributed by atoms with Gasteiger partial charge in [-0.05, 0) is 28.8 Å². The predicted molar refractivity (Wildman–Crippen MR) is 66.3 cm³/mol. The maximum Gasteiger partial charge on any atom is 0.340 e. The summed E-state index contributed by atoms with van der Waals surface area (Å²) >= 11 is 0. The Morgan fingerprint density at radius 3 is 2.89 bits per heavy atom. The minimum Gasteiger partial charge on any atom is -0.466 e. The van der Waals surface area contributed by atoms with Crippen molar-refractivity contribution in [2.45, 2.75) is 6.61 Å². The molecule has 0 aliphatic carbocycles. The van der Waals surface area contributed by atoms with Gasteiger partial charge in [-0.3, -0.25) is 0 Å². The summed E-state index contributed by atoms with van der Waals surface area (Å²) in [5, 5.41) is 3.30. The number of ether oxygens (including phenoxy) is 2. The van der Waals surface area contributed by atoms with Crippen LogP contribution < -0.4 is 0 Å². The van der Waals surface area contributed by atoms with E-state index in [1.807, 2.05) is 18.2 Å². The molecule has 0 spiro atoms. The first-order chi connectivity index (χ1) is 8.71. The maximum absolute atomic E-state index is 11.3. The van der Waals surface area contributed by atoms with Gasteiger partial charge >= 0.3 is 5.97 Å². The summed E-state index contributed by atoms with van der Waals surface area (Å²) in [6, 6.07) is 7.34. The second-order valence-electron chi connectivity index (χ2n) is 3.39. The third kappa shape index (κ3) is 3.93. The Morgan fingerprint density at radius 2 is 2.28 bits per heavy atom. The molecule has 6 nitrogen and oxygen atoms in total. The predicted octanol–water partition coefficient (Wildman–Crippen LogP) is 2.66. The number of rotatable bonds is 5. The van der Waals surface area contributed by atoms with E-state index in [9.17, 15) is 4.79 Å². The molecule has 1 aromatic rings. The van der Waals surface area contributed by atoms with Gasteiger partial charge in [-0.2, -0.15) is 0 Å². The first kappa shape index (κ1) is 13.8. The van der Waals surface area contributed by atoms with E-state index in [1.54, 1.807) is 13.2 Å². The summed E-state index contributed by atoms with van der Waals surface area (Å²) in [6.45, 7) is 0.469. The van der Waals surface area contributed by atoms with Crippen LogP contribution in [0.15, 0.2) is 35.1 Å². The molecule has 0 aliphatic heterocycles. The molecule has 0 N–H and O–H groups in total. The molecule has 0 unspecified atom stereocenters. The molecule has 0 aliphatic rings. The summed E-state index contributed by atoms with van der Waals surface area (Å²) in [6.07, 6.45) is 1.46. The van der Waals surface area contributed by atoms with Gasteiger partial charge in [-0.1, -0.05) is 23.3 Å². The lowest BCUT2D eigenvalue weighted by Gasteiger charge is -2.02. The van der Waals surface area contributed by atoms with E-state index in [-0.39, 0.29) is 5.70 Å². The highest BCUT2D eigenvalue weighted by molar-refractivity contribution is 5.93. The zero-order valence-electron chi connectivity index (χ0n) is 10.2. The number of hydrogen-bond donors (Lipinski definition) is 0. The quantitative estimate of drug-likeness (QED) is 0.263. The van der Waals surface area contributed by atoms with E-state index < -0.39 is 5.97 Å². The van der Waals surface area contributed by atoms with Crippen molar-refractivity contribution in [2.75, 3.05) is 14.2 Å². The van der Waals surface area contributed by atoms with Crippen LogP contribution in [-0.2, 0) is 20.9 Å². The molecule has 6 heteroatoms. The summed E-state index contributed by atoms with van der Waals surface area (Å²) < 4.78 is 9.53. The number of carbonyl (C=O) groups is 1. The van der Waals surface area contributed by atoms with Crippen LogP contribution >= 0.6 is 0 Å². The molecule has 0 saturated carbocycles. The van der Waals surface area contributed by atoms with Crippen molar-refractivity contribution in [3.05, 3.63) is 51.5 Å². The Kier molecular flexibility index (Phi) is 5.44. The van der Waals surface area contributed by atoms with Gasteiger partial charge in [0.25, 0.3) is 0 Å². The molecule has 0 amide bonds. The van der Waals surface area contributed by atoms with E-state index in [0.29, 0.717) is 6.61 Å². The molecule has 0 aromatic heterocycles. The number of carbonyl (C=O) groups excluding carboxylic acids is 1. The van der Waals surface area contributed by atoms with Crippen LogP contribution in [0.1, 0.15) is 11.1 Å². The molecule has 0 radical (unpaired) electrons. The zero-order chi connectivity index (χ0) is 13.4. The van der Waals surface area contributed by atoms with Gasteiger partial charge in [0.05, 0.1) is 13.7 Å². The summed E-state index contributed by atoms with van der Waals surface area (Å²) in [7, 11) is 2.83. The van der Waals surface area contributed by atoms with Crippen LogP contribution in [-0.4, -0.2) is 20.2 Å². The molecular weight excluding hydrogens is 234 g/mol. The van der Waals surface area contributed by atoms with Gasteiger partial charge in [0.2, 0.25) is 0 Å². The standard InChI is InChI=1S/C12H13N3O3/c1-17-8-10-5-3-4-9(6-10)7-11(14-15-13)12(16)18-2/h3-7H,8H2,1-2H3. The van der Waals surface area contributed by atoms with Crippen LogP contribution in [0.4, 0.5) is 0 Å². The van der Waals surface area contributed by atoms with Crippen LogP contribution in [0.25, 0.3) is 16.5 Å². The fraction of sp³-hybridized carbons (Fsp3) is 0.250. The van der Waals surface area contributed by atoms with Gasteiger partial charge in [-0.25, -0.2) is 4.79 Å². The van der Waals surface area contributed by atoms with Crippen molar-refractivity contribution < 1.29 is 14.3 Å². The minimum atomic E-state index is -0.676. The van der Waals surface area contributed by atoms with Crippen molar-refractivity contribution in [1.29, 1.82) is 0 Å². The lowest BCUT2D eigenvalue weighted by molar-refractivity contribution is -0.136. The zero-order valence-corrected chi connectivity index (χ0v) is 10.2. The lowest BCUT2D eigenvalue weighted by atomic mass is 10.1. The average molecular weight is 247 g/mol. The fourth-order valence-corrected chi connectivity index (χ4v) is 1.38. The molecule has 0 atom stereocenters. The number of methoxy groups -OCH3 is 2. The second kappa shape index (κ2) is 7.11. The maximum atomic E-state index is 11.3. The topological polar surface area (TPSA) is 84.3 Å². The molecule has 1 rings (SSSR count). The highest BCUT2D eigenvalue weighted by Gasteiger charge is 2.07. The van der Waals surface area contributed by atoms with Crippen molar-refractivity contribution >= 4 is 12.0 Å². The Labute approximate surface area is 104 Å². The number of benzene rings is 1. The number of esters is 1. The second-order valence-corrected chi connectivity index (χ2v) is 3.39. The Morgan fingerprint density at radius 1 is 1.50 bits per heavy atom. The number of hydrogen-bond acceptors (Lipinski definition) is 4. The van der Waals surface area contributed by atoms with Crippen molar-refractivity contribution in [2.24, 2.45) is 5.11 Å². The van der Waals surface area contributed by atoms with Crippen LogP contribution in [0.2, 0.25) is 0 Å². The first-order valence-corrected chi connectivity index (χ1v) is 5.14. The number of nitrogens with zero attached hydrogens (tertiary/aromatic N) is 3. The monoisotopic (exact) mass is 247 g/mol. The molecule has 1 aromatic carbocycles. The Hall–Kier alpha value is -2.30. The summed E-state index contributed by atoms with van der Waals surface area (Å²) in [4.78, 5) is 13.9. The minimum absolute atomic E-state index is 0.0884. The molecule has 0 saturated heterocycles. The van der Waals surface area contributed by atoms with Crippen LogP contribution in [0.3, 0.4) is 0 Å². The normalized spacial score (nSPS) is 10.7. The van der Waals surface area contributed by atoms with E-state index in [0.717, 1.165) is 11.1 Å². The van der Waals surface area contributed by atoms with Gasteiger partial charge in [0.1, 0.15) is 5.70 Å². The van der Waals surface area contributed by atoms with Crippen molar-refractivity contribution in [3.8, 4) is 0 Å². The Bertz CT molecular complexity index is 505. The van der Waals surface area contributed by atoms with E-state index in [4.69, 9.17) is 10.3 Å².